The van der Waals surface area contributed by atoms with Gasteiger partial charge in [-0.15, -0.1) is 0 Å². The van der Waals surface area contributed by atoms with Crippen molar-refractivity contribution in [2.75, 3.05) is 13.1 Å². The minimum atomic E-state index is -4.47. The third-order valence-corrected chi connectivity index (χ3v) is 3.73. The van der Waals surface area contributed by atoms with Crippen LogP contribution in [0.2, 0.25) is 0 Å². The first-order valence-corrected chi connectivity index (χ1v) is 6.51. The average Bonchev–Trinajstić information content (AvgIpc) is 2.75. The van der Waals surface area contributed by atoms with Gasteiger partial charge in [-0.1, -0.05) is 18.2 Å². The van der Waals surface area contributed by atoms with E-state index in [0.717, 1.165) is 12.1 Å². The van der Waals surface area contributed by atoms with E-state index in [1.165, 1.54) is 17.0 Å². The zero-order valence-electron chi connectivity index (χ0n) is 11.4. The number of benzene rings is 1. The number of likely N-dealkylation sites (tertiary alicyclic amines) is 1. The van der Waals surface area contributed by atoms with Gasteiger partial charge in [0, 0.05) is 19.0 Å². The Morgan fingerprint density at radius 2 is 2.10 bits per heavy atom. The predicted molar refractivity (Wildman–Crippen MR) is 69.1 cm³/mol. The van der Waals surface area contributed by atoms with Gasteiger partial charge in [0.05, 0.1) is 5.56 Å². The number of amides is 2. The Hall–Kier alpha value is -2.05. The minimum Gasteiger partial charge on any atom is -0.369 e. The molecule has 0 saturated carbocycles. The van der Waals surface area contributed by atoms with E-state index in [0.29, 0.717) is 12.1 Å². The van der Waals surface area contributed by atoms with Crippen LogP contribution in [-0.4, -0.2) is 29.8 Å². The van der Waals surface area contributed by atoms with Gasteiger partial charge in [0.25, 0.3) is 0 Å². The summed E-state index contributed by atoms with van der Waals surface area (Å²) in [4.78, 5) is 25.0. The second-order valence-electron chi connectivity index (χ2n) is 4.99. The molecule has 0 aromatic heterocycles. The lowest BCUT2D eigenvalue weighted by atomic mass is 9.87. The molecule has 2 amide bonds. The van der Waals surface area contributed by atoms with E-state index in [-0.39, 0.29) is 6.54 Å². The van der Waals surface area contributed by atoms with Crippen LogP contribution in [-0.2, 0) is 15.8 Å². The second-order valence-corrected chi connectivity index (χ2v) is 4.99. The fourth-order valence-corrected chi connectivity index (χ4v) is 2.65. The highest BCUT2D eigenvalue weighted by atomic mass is 19.4. The molecule has 2 rings (SSSR count). The van der Waals surface area contributed by atoms with Crippen molar-refractivity contribution in [2.45, 2.75) is 19.0 Å². The smallest absolute Gasteiger partial charge is 0.369 e. The lowest BCUT2D eigenvalue weighted by molar-refractivity contribution is -0.138. The van der Waals surface area contributed by atoms with Crippen molar-refractivity contribution in [3.8, 4) is 0 Å². The molecule has 1 saturated heterocycles. The first kappa shape index (κ1) is 15.3. The number of primary amides is 1. The predicted octanol–water partition coefficient (Wildman–Crippen LogP) is 1.75. The number of halogens is 3. The Morgan fingerprint density at radius 3 is 2.62 bits per heavy atom. The number of hydrogen-bond acceptors (Lipinski definition) is 2. The quantitative estimate of drug-likeness (QED) is 0.864. The number of carbonyl (C=O) groups excluding carboxylic acids is 2. The van der Waals surface area contributed by atoms with Crippen LogP contribution in [0.5, 0.6) is 0 Å². The standard InChI is InChI=1S/C14H15F3N2O2/c1-2-19-7-10(11(12(18)20)13(19)21)8-4-3-5-9(6-8)14(15,16)17/h3-6,10-11H,2,7H2,1H3,(H2,18,20)/t10-,11-/m1/s1. The van der Waals surface area contributed by atoms with Crippen molar-refractivity contribution < 1.29 is 22.8 Å². The zero-order chi connectivity index (χ0) is 15.8. The molecule has 0 unspecified atom stereocenters. The molecule has 0 aliphatic carbocycles. The van der Waals surface area contributed by atoms with Crippen molar-refractivity contribution >= 4 is 11.8 Å². The van der Waals surface area contributed by atoms with Crippen molar-refractivity contribution in [3.63, 3.8) is 0 Å². The Bertz CT molecular complexity index is 572. The SMILES string of the molecule is CCN1C[C@H](c2cccc(C(F)(F)F)c2)[C@H](C(N)=O)C1=O. The number of carbonyl (C=O) groups is 2. The lowest BCUT2D eigenvalue weighted by Gasteiger charge is -2.16. The molecule has 7 heteroatoms. The van der Waals surface area contributed by atoms with Crippen LogP contribution in [0.25, 0.3) is 0 Å². The van der Waals surface area contributed by atoms with E-state index in [1.807, 2.05) is 0 Å². The molecule has 1 aromatic carbocycles. The van der Waals surface area contributed by atoms with Gasteiger partial charge in [-0.25, -0.2) is 0 Å². The van der Waals surface area contributed by atoms with Crippen LogP contribution in [0.4, 0.5) is 13.2 Å². The van der Waals surface area contributed by atoms with Crippen LogP contribution in [0.3, 0.4) is 0 Å². The molecule has 1 aliphatic rings. The second kappa shape index (κ2) is 5.38. The largest absolute Gasteiger partial charge is 0.416 e. The summed E-state index contributed by atoms with van der Waals surface area (Å²) in [5.41, 5.74) is 4.75. The molecule has 114 valence electrons. The van der Waals surface area contributed by atoms with Crippen molar-refractivity contribution in [1.82, 2.24) is 4.90 Å². The monoisotopic (exact) mass is 300 g/mol. The number of alkyl halides is 3. The van der Waals surface area contributed by atoms with Gasteiger partial charge in [-0.2, -0.15) is 13.2 Å². The fourth-order valence-electron chi connectivity index (χ4n) is 2.65. The summed E-state index contributed by atoms with van der Waals surface area (Å²) in [6.07, 6.45) is -4.47. The van der Waals surface area contributed by atoms with Crippen LogP contribution in [0, 0.1) is 5.92 Å². The fraction of sp³-hybridized carbons (Fsp3) is 0.429. The van der Waals surface area contributed by atoms with Crippen LogP contribution in [0.1, 0.15) is 24.0 Å². The topological polar surface area (TPSA) is 63.4 Å². The maximum Gasteiger partial charge on any atom is 0.416 e. The van der Waals surface area contributed by atoms with Crippen molar-refractivity contribution in [2.24, 2.45) is 11.7 Å². The van der Waals surface area contributed by atoms with Gasteiger partial charge in [0.2, 0.25) is 11.8 Å². The molecule has 1 heterocycles. The average molecular weight is 300 g/mol. The van der Waals surface area contributed by atoms with Gasteiger partial charge in [-0.05, 0) is 18.6 Å². The molecule has 21 heavy (non-hydrogen) atoms. The van der Waals surface area contributed by atoms with Crippen LogP contribution in [0.15, 0.2) is 24.3 Å². The van der Waals surface area contributed by atoms with Gasteiger partial charge < -0.3 is 10.6 Å². The summed E-state index contributed by atoms with van der Waals surface area (Å²) < 4.78 is 38.3. The van der Waals surface area contributed by atoms with E-state index in [2.05, 4.69) is 0 Å². The van der Waals surface area contributed by atoms with E-state index in [9.17, 15) is 22.8 Å². The summed E-state index contributed by atoms with van der Waals surface area (Å²) in [7, 11) is 0. The Labute approximate surface area is 119 Å². The highest BCUT2D eigenvalue weighted by Gasteiger charge is 2.44. The van der Waals surface area contributed by atoms with Gasteiger partial charge in [-0.3, -0.25) is 9.59 Å². The van der Waals surface area contributed by atoms with Crippen molar-refractivity contribution in [1.29, 1.82) is 0 Å². The number of nitrogens with two attached hydrogens (primary N) is 1. The molecule has 0 radical (unpaired) electrons. The van der Waals surface area contributed by atoms with Gasteiger partial charge in [0.15, 0.2) is 0 Å². The summed E-state index contributed by atoms with van der Waals surface area (Å²) in [6, 6.07) is 4.70. The Morgan fingerprint density at radius 1 is 1.43 bits per heavy atom. The van der Waals surface area contributed by atoms with Crippen LogP contribution < -0.4 is 5.73 Å². The maximum absolute atomic E-state index is 12.8. The maximum atomic E-state index is 12.8. The number of likely N-dealkylation sites (N-methyl/N-ethyl adjacent to an activating group) is 1. The molecule has 2 atom stereocenters. The highest BCUT2D eigenvalue weighted by Crippen LogP contribution is 2.36. The molecule has 0 bridgehead atoms. The molecule has 4 nitrogen and oxygen atoms in total. The molecular formula is C14H15F3N2O2. The Kier molecular flexibility index (Phi) is 3.93. The van der Waals surface area contributed by atoms with E-state index in [1.54, 1.807) is 6.92 Å². The molecule has 1 fully saturated rings. The van der Waals surface area contributed by atoms with E-state index >= 15 is 0 Å². The Balaban J connectivity index is 2.40. The normalized spacial score (nSPS) is 22.7. The molecule has 1 aliphatic heterocycles. The summed E-state index contributed by atoms with van der Waals surface area (Å²) in [5, 5.41) is 0. The number of hydrogen-bond donors (Lipinski definition) is 1. The van der Waals surface area contributed by atoms with E-state index in [4.69, 9.17) is 5.73 Å². The number of rotatable bonds is 3. The van der Waals surface area contributed by atoms with E-state index < -0.39 is 35.4 Å². The van der Waals surface area contributed by atoms with Crippen molar-refractivity contribution in [3.05, 3.63) is 35.4 Å². The minimum absolute atomic E-state index is 0.199. The molecule has 1 aromatic rings. The molecular weight excluding hydrogens is 285 g/mol. The first-order valence-electron chi connectivity index (χ1n) is 6.51. The van der Waals surface area contributed by atoms with Crippen LogP contribution >= 0.6 is 0 Å². The first-order chi connectivity index (χ1) is 9.75. The summed E-state index contributed by atoms with van der Waals surface area (Å²) in [6.45, 7) is 2.33. The zero-order valence-corrected chi connectivity index (χ0v) is 11.4. The van der Waals surface area contributed by atoms with Gasteiger partial charge >= 0.3 is 6.18 Å². The number of nitrogens with zero attached hydrogens (tertiary/aromatic N) is 1. The molecule has 0 spiro atoms. The summed E-state index contributed by atoms with van der Waals surface area (Å²) >= 11 is 0. The highest BCUT2D eigenvalue weighted by molar-refractivity contribution is 6.02. The summed E-state index contributed by atoms with van der Waals surface area (Å²) in [5.74, 6) is -2.98. The molecule has 2 N–H and O–H groups in total. The van der Waals surface area contributed by atoms with Gasteiger partial charge in [0.1, 0.15) is 5.92 Å². The third-order valence-electron chi connectivity index (χ3n) is 3.73. The lowest BCUT2D eigenvalue weighted by Crippen LogP contribution is -2.34. The third kappa shape index (κ3) is 2.86.